The largest absolute Gasteiger partial charge is 0.498 e. The van der Waals surface area contributed by atoms with Crippen LogP contribution in [0.4, 0.5) is 0 Å². The Morgan fingerprint density at radius 2 is 1.45 bits per heavy atom. The normalized spacial score (nSPS) is 33.5. The van der Waals surface area contributed by atoms with Crippen LogP contribution in [-0.2, 0) is 4.74 Å². The number of ether oxygens (including phenoxy) is 1. The van der Waals surface area contributed by atoms with E-state index in [-0.39, 0.29) is 0 Å². The van der Waals surface area contributed by atoms with E-state index in [1.165, 1.54) is 64.2 Å². The molecule has 1 heteroatoms. The van der Waals surface area contributed by atoms with E-state index >= 15 is 0 Å². The van der Waals surface area contributed by atoms with Gasteiger partial charge in [0, 0.05) is 0 Å². The van der Waals surface area contributed by atoms with Crippen molar-refractivity contribution < 1.29 is 4.74 Å². The monoisotopic (exact) mass is 304 g/mol. The lowest BCUT2D eigenvalue weighted by molar-refractivity contribution is 0.0649. The Morgan fingerprint density at radius 1 is 0.818 bits per heavy atom. The molecule has 0 heterocycles. The van der Waals surface area contributed by atoms with Gasteiger partial charge in [-0.2, -0.15) is 0 Å². The molecule has 2 saturated carbocycles. The molecule has 0 aliphatic heterocycles. The van der Waals surface area contributed by atoms with Gasteiger partial charge in [0.25, 0.3) is 0 Å². The highest BCUT2D eigenvalue weighted by Crippen LogP contribution is 2.40. The quantitative estimate of drug-likeness (QED) is 0.378. The van der Waals surface area contributed by atoms with Crippen molar-refractivity contribution in [2.75, 3.05) is 0 Å². The molecule has 0 unspecified atom stereocenters. The second-order valence-electron chi connectivity index (χ2n) is 7.34. The van der Waals surface area contributed by atoms with Crippen molar-refractivity contribution in [3.8, 4) is 0 Å². The zero-order chi connectivity index (χ0) is 15.6. The molecular formula is C21H36O. The van der Waals surface area contributed by atoms with Crippen LogP contribution in [0, 0.1) is 17.8 Å². The summed E-state index contributed by atoms with van der Waals surface area (Å²) < 4.78 is 5.84. The first kappa shape index (κ1) is 17.6. The SMILES string of the molecule is CC/C=C/OC1CCC([C@H]2CC[C@H](/C=C/CCC)CC2)CC1. The molecule has 22 heavy (non-hydrogen) atoms. The molecule has 126 valence electrons. The van der Waals surface area contributed by atoms with Gasteiger partial charge in [0.15, 0.2) is 0 Å². The average Bonchev–Trinajstić information content (AvgIpc) is 2.57. The van der Waals surface area contributed by atoms with E-state index in [0.717, 1.165) is 24.2 Å². The fourth-order valence-electron chi connectivity index (χ4n) is 4.22. The Balaban J connectivity index is 1.65. The van der Waals surface area contributed by atoms with Crippen molar-refractivity contribution in [2.45, 2.75) is 90.6 Å². The van der Waals surface area contributed by atoms with Gasteiger partial charge in [-0.3, -0.25) is 0 Å². The molecular weight excluding hydrogens is 268 g/mol. The van der Waals surface area contributed by atoms with Gasteiger partial charge >= 0.3 is 0 Å². The number of hydrogen-bond acceptors (Lipinski definition) is 1. The summed E-state index contributed by atoms with van der Waals surface area (Å²) in [6.45, 7) is 4.42. The fourth-order valence-corrected chi connectivity index (χ4v) is 4.22. The molecule has 0 atom stereocenters. The Labute approximate surface area is 138 Å². The molecule has 2 aliphatic carbocycles. The molecule has 0 aromatic heterocycles. The lowest BCUT2D eigenvalue weighted by atomic mass is 9.70. The van der Waals surface area contributed by atoms with E-state index < -0.39 is 0 Å². The molecule has 0 amide bonds. The molecule has 1 nitrogen and oxygen atoms in total. The van der Waals surface area contributed by atoms with E-state index in [4.69, 9.17) is 4.74 Å². The highest BCUT2D eigenvalue weighted by Gasteiger charge is 2.30. The predicted molar refractivity (Wildman–Crippen MR) is 95.8 cm³/mol. The first-order chi connectivity index (χ1) is 10.8. The van der Waals surface area contributed by atoms with Crippen LogP contribution >= 0.6 is 0 Å². The standard InChI is InChI=1S/C21H36O/c1-3-5-7-8-18-9-11-19(12-10-18)20-13-15-21(16-14-20)22-17-6-4-2/h6-8,17-21H,3-5,9-16H2,1-2H3/b8-7+,17-6+/t18-,19-,20?,21?. The maximum absolute atomic E-state index is 5.84. The smallest absolute Gasteiger partial charge is 0.0978 e. The molecule has 2 fully saturated rings. The summed E-state index contributed by atoms with van der Waals surface area (Å²) in [4.78, 5) is 0. The molecule has 2 rings (SSSR count). The van der Waals surface area contributed by atoms with E-state index in [0.29, 0.717) is 6.10 Å². The summed E-state index contributed by atoms with van der Waals surface area (Å²) in [6, 6.07) is 0. The van der Waals surface area contributed by atoms with Crippen LogP contribution in [0.3, 0.4) is 0 Å². The topological polar surface area (TPSA) is 9.23 Å². The van der Waals surface area contributed by atoms with Crippen LogP contribution < -0.4 is 0 Å². The molecule has 0 saturated heterocycles. The predicted octanol–water partition coefficient (Wildman–Crippen LogP) is 6.65. The van der Waals surface area contributed by atoms with Crippen molar-refractivity contribution in [3.05, 3.63) is 24.5 Å². The summed E-state index contributed by atoms with van der Waals surface area (Å²) in [5.41, 5.74) is 0. The minimum atomic E-state index is 0.493. The van der Waals surface area contributed by atoms with Gasteiger partial charge in [-0.25, -0.2) is 0 Å². The van der Waals surface area contributed by atoms with Crippen molar-refractivity contribution in [3.63, 3.8) is 0 Å². The van der Waals surface area contributed by atoms with Crippen LogP contribution in [0.5, 0.6) is 0 Å². The number of rotatable bonds is 7. The van der Waals surface area contributed by atoms with Gasteiger partial charge < -0.3 is 4.74 Å². The molecule has 0 bridgehead atoms. The summed E-state index contributed by atoms with van der Waals surface area (Å²) in [7, 11) is 0. The summed E-state index contributed by atoms with van der Waals surface area (Å²) in [6.07, 6.45) is 24.2. The van der Waals surface area contributed by atoms with Gasteiger partial charge in [0.05, 0.1) is 12.4 Å². The van der Waals surface area contributed by atoms with Crippen LogP contribution in [0.25, 0.3) is 0 Å². The third-order valence-corrected chi connectivity index (χ3v) is 5.67. The third-order valence-electron chi connectivity index (χ3n) is 5.67. The maximum Gasteiger partial charge on any atom is 0.0978 e. The molecule has 0 aromatic carbocycles. The van der Waals surface area contributed by atoms with Crippen LogP contribution in [0.1, 0.15) is 84.5 Å². The van der Waals surface area contributed by atoms with Crippen LogP contribution in [-0.4, -0.2) is 6.10 Å². The van der Waals surface area contributed by atoms with Crippen molar-refractivity contribution in [2.24, 2.45) is 17.8 Å². The molecule has 0 aromatic rings. The first-order valence-electron chi connectivity index (χ1n) is 9.80. The van der Waals surface area contributed by atoms with Crippen LogP contribution in [0.15, 0.2) is 24.5 Å². The number of unbranched alkanes of at least 4 members (excludes halogenated alkanes) is 1. The van der Waals surface area contributed by atoms with Crippen molar-refractivity contribution in [1.29, 1.82) is 0 Å². The van der Waals surface area contributed by atoms with Gasteiger partial charge in [-0.05, 0) is 82.0 Å². The minimum Gasteiger partial charge on any atom is -0.498 e. The summed E-state index contributed by atoms with van der Waals surface area (Å²) in [5, 5.41) is 0. The Bertz CT molecular complexity index is 328. The lowest BCUT2D eigenvalue weighted by Crippen LogP contribution is -2.27. The van der Waals surface area contributed by atoms with Crippen LogP contribution in [0.2, 0.25) is 0 Å². The number of allylic oxidation sites excluding steroid dienone is 3. The van der Waals surface area contributed by atoms with Crippen molar-refractivity contribution in [1.82, 2.24) is 0 Å². The van der Waals surface area contributed by atoms with Crippen molar-refractivity contribution >= 4 is 0 Å². The highest BCUT2D eigenvalue weighted by molar-refractivity contribution is 4.92. The summed E-state index contributed by atoms with van der Waals surface area (Å²) in [5.74, 6) is 2.86. The van der Waals surface area contributed by atoms with Gasteiger partial charge in [-0.1, -0.05) is 38.5 Å². The Kier molecular flexibility index (Phi) is 8.12. The second-order valence-corrected chi connectivity index (χ2v) is 7.34. The Hall–Kier alpha value is -0.720. The number of hydrogen-bond donors (Lipinski definition) is 0. The average molecular weight is 305 g/mol. The minimum absolute atomic E-state index is 0.493. The second kappa shape index (κ2) is 10.1. The molecule has 0 spiro atoms. The van der Waals surface area contributed by atoms with Gasteiger partial charge in [-0.15, -0.1) is 0 Å². The molecule has 2 aliphatic rings. The van der Waals surface area contributed by atoms with E-state index in [9.17, 15) is 0 Å². The van der Waals surface area contributed by atoms with E-state index in [1.54, 1.807) is 0 Å². The maximum atomic E-state index is 5.84. The Morgan fingerprint density at radius 3 is 2.05 bits per heavy atom. The third kappa shape index (κ3) is 5.82. The zero-order valence-corrected chi connectivity index (χ0v) is 14.8. The fraction of sp³-hybridized carbons (Fsp3) is 0.810. The summed E-state index contributed by atoms with van der Waals surface area (Å²) >= 11 is 0. The molecule has 0 radical (unpaired) electrons. The lowest BCUT2D eigenvalue weighted by Gasteiger charge is -2.37. The van der Waals surface area contributed by atoms with E-state index in [2.05, 4.69) is 32.1 Å². The van der Waals surface area contributed by atoms with E-state index in [1.807, 2.05) is 6.26 Å². The van der Waals surface area contributed by atoms with Gasteiger partial charge in [0.2, 0.25) is 0 Å². The van der Waals surface area contributed by atoms with Gasteiger partial charge in [0.1, 0.15) is 0 Å². The first-order valence-corrected chi connectivity index (χ1v) is 9.80. The zero-order valence-electron chi connectivity index (χ0n) is 14.8. The highest BCUT2D eigenvalue weighted by atomic mass is 16.5. The molecule has 0 N–H and O–H groups in total.